The first kappa shape index (κ1) is 36.3. The summed E-state index contributed by atoms with van der Waals surface area (Å²) < 4.78 is 5.75. The van der Waals surface area contributed by atoms with Crippen LogP contribution in [0.5, 0.6) is 5.75 Å². The summed E-state index contributed by atoms with van der Waals surface area (Å²) in [7, 11) is 3.33. The van der Waals surface area contributed by atoms with E-state index in [1.54, 1.807) is 55.6 Å². The molecule has 3 aliphatic heterocycles. The molecule has 0 spiro atoms. The fourth-order valence-electron chi connectivity index (χ4n) is 8.74. The number of carbonyl (C=O) groups is 6. The number of benzene rings is 2. The van der Waals surface area contributed by atoms with Crippen molar-refractivity contribution >= 4 is 52.5 Å². The number of nitrogens with zero attached hydrogens (tertiary/aromatic N) is 5. The number of aromatic nitrogens is 2. The van der Waals surface area contributed by atoms with E-state index in [1.165, 1.54) is 4.90 Å². The van der Waals surface area contributed by atoms with E-state index in [4.69, 9.17) is 9.72 Å². The SMILES string of the molecule is CC[C@@H]1C(=O)N(C)c2cnc(Cc3ccc(C(=O)CC4(C(=O)Nc5cccc6c5CN(C5CCC(=O)NC5=O)C6=O)CC4)cc3OC)nc2N1C1CCCC1. The summed E-state index contributed by atoms with van der Waals surface area (Å²) in [6.45, 7) is 2.16. The molecule has 1 saturated heterocycles. The lowest BCUT2D eigenvalue weighted by molar-refractivity contribution is -0.137. The van der Waals surface area contributed by atoms with Gasteiger partial charge in [-0.15, -0.1) is 0 Å². The van der Waals surface area contributed by atoms with E-state index in [9.17, 15) is 28.8 Å². The van der Waals surface area contributed by atoms with Crippen LogP contribution < -0.4 is 25.2 Å². The fraction of sp³-hybridized carbons (Fsp3) is 0.463. The lowest BCUT2D eigenvalue weighted by Crippen LogP contribution is -2.55. The average Bonchev–Trinajstić information content (AvgIpc) is 3.60. The Bertz CT molecular complexity index is 2130. The maximum absolute atomic E-state index is 13.8. The van der Waals surface area contributed by atoms with Gasteiger partial charge in [0.2, 0.25) is 23.6 Å². The Morgan fingerprint density at radius 3 is 2.55 bits per heavy atom. The van der Waals surface area contributed by atoms with Gasteiger partial charge < -0.3 is 24.8 Å². The van der Waals surface area contributed by atoms with Gasteiger partial charge in [0, 0.05) is 66.8 Å². The van der Waals surface area contributed by atoms with E-state index in [2.05, 4.69) is 20.5 Å². The van der Waals surface area contributed by atoms with Gasteiger partial charge >= 0.3 is 0 Å². The summed E-state index contributed by atoms with van der Waals surface area (Å²) in [6, 6.07) is 9.58. The van der Waals surface area contributed by atoms with Gasteiger partial charge in [-0.3, -0.25) is 34.1 Å². The third-order valence-electron chi connectivity index (χ3n) is 12.1. The van der Waals surface area contributed by atoms with Gasteiger partial charge in [-0.25, -0.2) is 9.97 Å². The number of piperidine rings is 1. The number of ether oxygens (including phenoxy) is 1. The number of ketones is 1. The molecule has 14 nitrogen and oxygen atoms in total. The molecule has 0 radical (unpaired) electrons. The molecule has 1 aromatic heterocycles. The Morgan fingerprint density at radius 2 is 1.84 bits per heavy atom. The molecule has 2 N–H and O–H groups in total. The lowest BCUT2D eigenvalue weighted by Gasteiger charge is -2.43. The molecule has 8 rings (SSSR count). The van der Waals surface area contributed by atoms with Crippen LogP contribution in [0.3, 0.4) is 0 Å². The highest BCUT2D eigenvalue weighted by Gasteiger charge is 2.51. The molecular formula is C41H45N7O7. The molecule has 5 aliphatic rings. The summed E-state index contributed by atoms with van der Waals surface area (Å²) in [5.41, 5.74) is 2.52. The summed E-state index contributed by atoms with van der Waals surface area (Å²) >= 11 is 0. The number of hydrogen-bond donors (Lipinski definition) is 2. The number of rotatable bonds is 11. The maximum atomic E-state index is 13.8. The topological polar surface area (TPSA) is 171 Å². The quantitative estimate of drug-likeness (QED) is 0.213. The second-order valence-corrected chi connectivity index (χ2v) is 15.4. The molecule has 2 saturated carbocycles. The second-order valence-electron chi connectivity index (χ2n) is 15.4. The molecule has 286 valence electrons. The highest BCUT2D eigenvalue weighted by atomic mass is 16.5. The van der Waals surface area contributed by atoms with Crippen LogP contribution in [0, 0.1) is 5.41 Å². The predicted octanol–water partition coefficient (Wildman–Crippen LogP) is 4.33. The third kappa shape index (κ3) is 6.50. The molecule has 1 unspecified atom stereocenters. The number of hydrogen-bond acceptors (Lipinski definition) is 10. The highest BCUT2D eigenvalue weighted by Crippen LogP contribution is 2.51. The number of likely N-dealkylation sites (N-methyl/N-ethyl adjacent to an activating group) is 1. The Labute approximate surface area is 319 Å². The normalized spacial score (nSPS) is 21.7. The van der Waals surface area contributed by atoms with Crippen LogP contribution in [0.15, 0.2) is 42.6 Å². The molecule has 5 amide bonds. The number of methoxy groups -OCH3 is 1. The van der Waals surface area contributed by atoms with Crippen molar-refractivity contribution in [1.82, 2.24) is 20.2 Å². The minimum absolute atomic E-state index is 0.00740. The molecule has 2 atom stereocenters. The van der Waals surface area contributed by atoms with Crippen molar-refractivity contribution in [2.75, 3.05) is 29.3 Å². The minimum atomic E-state index is -0.884. The number of Topliss-reactive ketones (excluding diaryl/α,β-unsaturated/α-hetero) is 1. The second kappa shape index (κ2) is 14.2. The molecule has 2 aliphatic carbocycles. The van der Waals surface area contributed by atoms with Crippen LogP contribution in [0.25, 0.3) is 0 Å². The van der Waals surface area contributed by atoms with Crippen LogP contribution in [-0.2, 0) is 32.1 Å². The average molecular weight is 748 g/mol. The first-order valence-electron chi connectivity index (χ1n) is 19.2. The van der Waals surface area contributed by atoms with Gasteiger partial charge in [-0.2, -0.15) is 0 Å². The van der Waals surface area contributed by atoms with Crippen LogP contribution in [-0.4, -0.2) is 82.5 Å². The van der Waals surface area contributed by atoms with Crippen molar-refractivity contribution in [2.45, 2.75) is 102 Å². The monoisotopic (exact) mass is 747 g/mol. The summed E-state index contributed by atoms with van der Waals surface area (Å²) in [5, 5.41) is 5.30. The highest BCUT2D eigenvalue weighted by molar-refractivity contribution is 6.08. The summed E-state index contributed by atoms with van der Waals surface area (Å²) in [6.07, 6.45) is 8.57. The van der Waals surface area contributed by atoms with E-state index in [0.717, 1.165) is 37.1 Å². The van der Waals surface area contributed by atoms with E-state index in [0.29, 0.717) is 65.3 Å². The smallest absolute Gasteiger partial charge is 0.255 e. The minimum Gasteiger partial charge on any atom is -0.496 e. The largest absolute Gasteiger partial charge is 0.496 e. The number of anilines is 3. The fourth-order valence-corrected chi connectivity index (χ4v) is 8.74. The Morgan fingerprint density at radius 1 is 1.05 bits per heavy atom. The van der Waals surface area contributed by atoms with Gasteiger partial charge in [0.1, 0.15) is 29.3 Å². The predicted molar refractivity (Wildman–Crippen MR) is 202 cm³/mol. The molecular weight excluding hydrogens is 702 g/mol. The Balaban J connectivity index is 0.961. The van der Waals surface area contributed by atoms with E-state index in [-0.39, 0.29) is 67.3 Å². The number of imide groups is 1. The van der Waals surface area contributed by atoms with Gasteiger partial charge in [0.25, 0.3) is 5.91 Å². The van der Waals surface area contributed by atoms with Crippen LogP contribution in [0.4, 0.5) is 17.2 Å². The first-order valence-corrected chi connectivity index (χ1v) is 19.2. The van der Waals surface area contributed by atoms with Gasteiger partial charge in [-0.05, 0) is 56.7 Å². The zero-order chi connectivity index (χ0) is 38.6. The molecule has 3 fully saturated rings. The zero-order valence-corrected chi connectivity index (χ0v) is 31.4. The molecule has 0 bridgehead atoms. The van der Waals surface area contributed by atoms with Crippen LogP contribution in [0.1, 0.15) is 109 Å². The third-order valence-corrected chi connectivity index (χ3v) is 12.1. The van der Waals surface area contributed by atoms with Gasteiger partial charge in [0.15, 0.2) is 11.6 Å². The van der Waals surface area contributed by atoms with E-state index >= 15 is 0 Å². The Kier molecular flexibility index (Phi) is 9.38. The van der Waals surface area contributed by atoms with Crippen molar-refractivity contribution < 1.29 is 33.5 Å². The molecule has 14 heteroatoms. The molecule has 2 aromatic carbocycles. The standard InChI is InChI=1S/C41H45N7O7/c1-4-29-39(53)46(2)31-21-42-34(44-36(31)48(29)25-8-5-6-9-25)19-24-13-12-23(18-33(24)55-3)32(49)20-41(16-17-41)40(54)43-28-11-7-10-26-27(28)22-47(38(26)52)30-14-15-35(50)45-37(30)51/h7,10-13,18,21,25,29-30H,4-6,8-9,14-17,19-20,22H2,1-3H3,(H,43,54)(H,45,50,51)/t29-,30?/m1/s1. The summed E-state index contributed by atoms with van der Waals surface area (Å²) in [5.74, 6) is 0.265. The molecule has 55 heavy (non-hydrogen) atoms. The van der Waals surface area contributed by atoms with Gasteiger partial charge in [-0.1, -0.05) is 38.0 Å². The number of fused-ring (bicyclic) bond motifs is 2. The van der Waals surface area contributed by atoms with E-state index < -0.39 is 17.4 Å². The van der Waals surface area contributed by atoms with E-state index in [1.807, 2.05) is 13.0 Å². The van der Waals surface area contributed by atoms with Crippen LogP contribution >= 0.6 is 0 Å². The van der Waals surface area contributed by atoms with Crippen molar-refractivity contribution in [3.63, 3.8) is 0 Å². The lowest BCUT2D eigenvalue weighted by atomic mass is 9.93. The zero-order valence-electron chi connectivity index (χ0n) is 31.4. The summed E-state index contributed by atoms with van der Waals surface area (Å²) in [4.78, 5) is 93.3. The van der Waals surface area contributed by atoms with Crippen molar-refractivity contribution in [3.8, 4) is 5.75 Å². The maximum Gasteiger partial charge on any atom is 0.255 e. The number of nitrogens with one attached hydrogen (secondary N) is 2. The van der Waals surface area contributed by atoms with Crippen molar-refractivity contribution in [1.29, 1.82) is 0 Å². The van der Waals surface area contributed by atoms with Crippen LogP contribution in [0.2, 0.25) is 0 Å². The molecule has 4 heterocycles. The first-order chi connectivity index (χ1) is 26.5. The number of carbonyl (C=O) groups excluding carboxylic acids is 6. The van der Waals surface area contributed by atoms with Crippen molar-refractivity contribution in [3.05, 3.63) is 70.7 Å². The van der Waals surface area contributed by atoms with Gasteiger partial charge in [0.05, 0.1) is 18.7 Å². The Hall–Kier alpha value is -5.66. The number of amides is 5. The molecule has 3 aromatic rings. The van der Waals surface area contributed by atoms with Crippen molar-refractivity contribution in [2.24, 2.45) is 5.41 Å².